The van der Waals surface area contributed by atoms with Gasteiger partial charge >= 0.3 is 0 Å². The quantitative estimate of drug-likeness (QED) is 0.346. The number of pyridine rings is 1. The minimum atomic E-state index is -0.285. The standard InChI is InChI=1S/C18H19N3O2S/c1-3-12-23-16-9-7-15(8-10-16)13-20-21-18(22)14(2)24-17-6-4-5-11-19-17/h3-11,13-14H,1,12H2,2H3,(H,21,22)/b20-13+. The maximum atomic E-state index is 12.0. The van der Waals surface area contributed by atoms with Gasteiger partial charge in [0.05, 0.1) is 16.5 Å². The Morgan fingerprint density at radius 3 is 2.83 bits per heavy atom. The molecule has 1 amide bonds. The van der Waals surface area contributed by atoms with Crippen LogP contribution in [0.5, 0.6) is 5.75 Å². The predicted octanol–water partition coefficient (Wildman–Crippen LogP) is 3.28. The fourth-order valence-electron chi connectivity index (χ4n) is 1.72. The highest BCUT2D eigenvalue weighted by Crippen LogP contribution is 2.20. The van der Waals surface area contributed by atoms with Crippen LogP contribution in [-0.4, -0.2) is 29.0 Å². The molecule has 0 aliphatic rings. The number of thioether (sulfide) groups is 1. The molecule has 24 heavy (non-hydrogen) atoms. The summed E-state index contributed by atoms with van der Waals surface area (Å²) in [5.74, 6) is 0.587. The number of hydrogen-bond donors (Lipinski definition) is 1. The van der Waals surface area contributed by atoms with Crippen molar-refractivity contribution in [3.8, 4) is 5.75 Å². The summed E-state index contributed by atoms with van der Waals surface area (Å²) in [6, 6.07) is 13.0. The van der Waals surface area contributed by atoms with Gasteiger partial charge in [0.15, 0.2) is 0 Å². The molecule has 1 aromatic heterocycles. The molecule has 0 fully saturated rings. The van der Waals surface area contributed by atoms with Gasteiger partial charge in [-0.25, -0.2) is 10.4 Å². The Bertz CT molecular complexity index is 687. The maximum Gasteiger partial charge on any atom is 0.253 e. The van der Waals surface area contributed by atoms with E-state index in [2.05, 4.69) is 22.1 Å². The van der Waals surface area contributed by atoms with Gasteiger partial charge in [-0.05, 0) is 48.9 Å². The number of benzene rings is 1. The van der Waals surface area contributed by atoms with E-state index in [1.807, 2.05) is 49.4 Å². The van der Waals surface area contributed by atoms with Crippen molar-refractivity contribution in [1.82, 2.24) is 10.4 Å². The van der Waals surface area contributed by atoms with E-state index in [4.69, 9.17) is 4.74 Å². The molecule has 5 nitrogen and oxygen atoms in total. The molecule has 0 aliphatic heterocycles. The summed E-state index contributed by atoms with van der Waals surface area (Å²) in [5, 5.41) is 4.50. The van der Waals surface area contributed by atoms with Gasteiger partial charge in [-0.3, -0.25) is 4.79 Å². The third kappa shape index (κ3) is 5.89. The molecule has 0 radical (unpaired) electrons. The number of rotatable bonds is 8. The molecule has 1 atom stereocenters. The van der Waals surface area contributed by atoms with E-state index in [1.165, 1.54) is 11.8 Å². The average molecular weight is 341 g/mol. The van der Waals surface area contributed by atoms with Gasteiger partial charge in [0.2, 0.25) is 0 Å². The first-order valence-electron chi connectivity index (χ1n) is 7.43. The molecular weight excluding hydrogens is 322 g/mol. The van der Waals surface area contributed by atoms with Gasteiger partial charge in [-0.1, -0.05) is 30.5 Å². The number of amides is 1. The van der Waals surface area contributed by atoms with E-state index >= 15 is 0 Å². The monoisotopic (exact) mass is 341 g/mol. The van der Waals surface area contributed by atoms with Gasteiger partial charge in [0.25, 0.3) is 5.91 Å². The molecule has 0 saturated carbocycles. The lowest BCUT2D eigenvalue weighted by atomic mass is 10.2. The third-order valence-electron chi connectivity index (χ3n) is 2.94. The van der Waals surface area contributed by atoms with Crippen LogP contribution in [0.4, 0.5) is 0 Å². The van der Waals surface area contributed by atoms with Crippen LogP contribution >= 0.6 is 11.8 Å². The van der Waals surface area contributed by atoms with Crippen molar-refractivity contribution in [1.29, 1.82) is 0 Å². The molecule has 1 aromatic carbocycles. The summed E-state index contributed by atoms with van der Waals surface area (Å²) in [7, 11) is 0. The predicted molar refractivity (Wildman–Crippen MR) is 97.4 cm³/mol. The lowest BCUT2D eigenvalue weighted by molar-refractivity contribution is -0.120. The lowest BCUT2D eigenvalue weighted by Crippen LogP contribution is -2.26. The van der Waals surface area contributed by atoms with Crippen LogP contribution in [0.2, 0.25) is 0 Å². The zero-order valence-electron chi connectivity index (χ0n) is 13.4. The number of carbonyl (C=O) groups is 1. The number of aromatic nitrogens is 1. The highest BCUT2D eigenvalue weighted by molar-refractivity contribution is 8.00. The number of ether oxygens (including phenoxy) is 1. The second-order valence-electron chi connectivity index (χ2n) is 4.83. The van der Waals surface area contributed by atoms with E-state index in [-0.39, 0.29) is 11.2 Å². The van der Waals surface area contributed by atoms with E-state index < -0.39 is 0 Å². The number of hydrazone groups is 1. The number of hydrogen-bond acceptors (Lipinski definition) is 5. The first-order valence-corrected chi connectivity index (χ1v) is 8.31. The van der Waals surface area contributed by atoms with Crippen LogP contribution in [0.25, 0.3) is 0 Å². The first-order chi connectivity index (χ1) is 11.7. The zero-order valence-corrected chi connectivity index (χ0v) is 14.2. The minimum absolute atomic E-state index is 0.173. The zero-order chi connectivity index (χ0) is 17.2. The van der Waals surface area contributed by atoms with Gasteiger partial charge < -0.3 is 4.74 Å². The molecule has 0 bridgehead atoms. The normalized spacial score (nSPS) is 11.9. The average Bonchev–Trinajstić information content (AvgIpc) is 2.61. The largest absolute Gasteiger partial charge is 0.490 e. The molecule has 0 saturated heterocycles. The van der Waals surface area contributed by atoms with E-state index in [9.17, 15) is 4.79 Å². The summed E-state index contributed by atoms with van der Waals surface area (Å²) in [6.45, 7) is 5.88. The molecule has 2 rings (SSSR count). The molecule has 6 heteroatoms. The Hall–Kier alpha value is -2.60. The molecule has 124 valence electrons. The van der Waals surface area contributed by atoms with Crippen LogP contribution in [-0.2, 0) is 4.79 Å². The number of nitrogens with zero attached hydrogens (tertiary/aromatic N) is 2. The van der Waals surface area contributed by atoms with Crippen LogP contribution in [0.3, 0.4) is 0 Å². The Labute approximate surface area is 145 Å². The lowest BCUT2D eigenvalue weighted by Gasteiger charge is -2.08. The number of nitrogens with one attached hydrogen (secondary N) is 1. The van der Waals surface area contributed by atoms with Crippen molar-refractivity contribution in [2.45, 2.75) is 17.2 Å². The van der Waals surface area contributed by atoms with Crippen molar-refractivity contribution in [2.75, 3.05) is 6.61 Å². The summed E-state index contributed by atoms with van der Waals surface area (Å²) in [4.78, 5) is 16.2. The molecule has 1 N–H and O–H groups in total. The Kier molecular flexibility index (Phi) is 7.04. The smallest absolute Gasteiger partial charge is 0.253 e. The van der Waals surface area contributed by atoms with Crippen LogP contribution in [0.1, 0.15) is 12.5 Å². The van der Waals surface area contributed by atoms with Gasteiger partial charge in [-0.15, -0.1) is 0 Å². The maximum absolute atomic E-state index is 12.0. The molecule has 1 heterocycles. The van der Waals surface area contributed by atoms with E-state index in [1.54, 1.807) is 18.5 Å². The van der Waals surface area contributed by atoms with Gasteiger partial charge in [0, 0.05) is 6.20 Å². The summed E-state index contributed by atoms with van der Waals surface area (Å²) >= 11 is 1.39. The summed E-state index contributed by atoms with van der Waals surface area (Å²) in [5.41, 5.74) is 3.40. The fraction of sp³-hybridized carbons (Fsp3) is 0.167. The van der Waals surface area contributed by atoms with Gasteiger partial charge in [-0.2, -0.15) is 5.10 Å². The second kappa shape index (κ2) is 9.52. The minimum Gasteiger partial charge on any atom is -0.490 e. The highest BCUT2D eigenvalue weighted by atomic mass is 32.2. The SMILES string of the molecule is C=CCOc1ccc(/C=N/NC(=O)C(C)Sc2ccccn2)cc1. The van der Waals surface area contributed by atoms with Crippen molar-refractivity contribution in [2.24, 2.45) is 5.10 Å². The Morgan fingerprint density at radius 2 is 2.17 bits per heavy atom. The van der Waals surface area contributed by atoms with Crippen LogP contribution < -0.4 is 10.2 Å². The van der Waals surface area contributed by atoms with Gasteiger partial charge in [0.1, 0.15) is 12.4 Å². The van der Waals surface area contributed by atoms with Crippen molar-refractivity contribution in [3.05, 3.63) is 66.9 Å². The first kappa shape index (κ1) is 17.7. The van der Waals surface area contributed by atoms with Crippen LogP contribution in [0, 0.1) is 0 Å². The fourth-order valence-corrected chi connectivity index (χ4v) is 2.52. The molecule has 0 spiro atoms. The van der Waals surface area contributed by atoms with E-state index in [0.717, 1.165) is 16.3 Å². The second-order valence-corrected chi connectivity index (χ2v) is 6.19. The van der Waals surface area contributed by atoms with Crippen molar-refractivity contribution >= 4 is 23.9 Å². The van der Waals surface area contributed by atoms with Crippen molar-refractivity contribution < 1.29 is 9.53 Å². The third-order valence-corrected chi connectivity index (χ3v) is 3.99. The molecule has 0 aliphatic carbocycles. The van der Waals surface area contributed by atoms with E-state index in [0.29, 0.717) is 6.61 Å². The molecule has 1 unspecified atom stereocenters. The molecular formula is C18H19N3O2S. The topological polar surface area (TPSA) is 63.6 Å². The van der Waals surface area contributed by atoms with Crippen LogP contribution in [0.15, 0.2) is 71.4 Å². The summed E-state index contributed by atoms with van der Waals surface area (Å²) < 4.78 is 5.40. The Balaban J connectivity index is 1.82. The van der Waals surface area contributed by atoms with Crippen molar-refractivity contribution in [3.63, 3.8) is 0 Å². The summed E-state index contributed by atoms with van der Waals surface area (Å²) in [6.07, 6.45) is 4.98. The highest BCUT2D eigenvalue weighted by Gasteiger charge is 2.13. The molecule has 2 aromatic rings. The number of carbonyl (C=O) groups excluding carboxylic acids is 1. The Morgan fingerprint density at radius 1 is 1.38 bits per heavy atom.